The molecule has 1 unspecified atom stereocenters. The Balaban J connectivity index is 1.22. The van der Waals surface area contributed by atoms with Crippen molar-refractivity contribution >= 4 is 33.1 Å². The van der Waals surface area contributed by atoms with Gasteiger partial charge in [-0.2, -0.15) is 9.40 Å². The third-order valence-corrected chi connectivity index (χ3v) is 10.5. The van der Waals surface area contributed by atoms with Crippen molar-refractivity contribution in [3.63, 3.8) is 0 Å². The maximum Gasteiger partial charge on any atom is 0.258 e. The van der Waals surface area contributed by atoms with Crippen molar-refractivity contribution < 1.29 is 22.0 Å². The van der Waals surface area contributed by atoms with Crippen LogP contribution in [0.25, 0.3) is 0 Å². The standard InChI is InChI=1S/C30H38F2N8O3S/c1-38-9-11-39(12-10-38)23-4-5-25(28(16-23)34-18-20-3-2-7-33-17-20)30(41)35-29-26-19-40(8-6-27(26)36-37-29)44(42,43)24-14-21(31)13-22(32)15-24/h4-5,13-16,20,33-34H,2-3,6-12,17-19H2,1H3,(H2,35,36,37,41). The molecule has 4 N–H and O–H groups in total. The van der Waals surface area contributed by atoms with Crippen LogP contribution >= 0.6 is 0 Å². The van der Waals surface area contributed by atoms with Crippen LogP contribution in [0.2, 0.25) is 0 Å². The predicted molar refractivity (Wildman–Crippen MR) is 164 cm³/mol. The number of sulfonamides is 1. The lowest BCUT2D eigenvalue weighted by Crippen LogP contribution is -2.44. The van der Waals surface area contributed by atoms with Crippen molar-refractivity contribution in [2.75, 3.05) is 74.9 Å². The van der Waals surface area contributed by atoms with E-state index in [1.165, 1.54) is 0 Å². The zero-order valence-corrected chi connectivity index (χ0v) is 25.5. The van der Waals surface area contributed by atoms with Crippen LogP contribution in [0.1, 0.15) is 34.5 Å². The van der Waals surface area contributed by atoms with Gasteiger partial charge in [-0.1, -0.05) is 0 Å². The fourth-order valence-electron chi connectivity index (χ4n) is 6.07. The number of likely N-dealkylation sites (N-methyl/N-ethyl adjacent to an activating group) is 1. The smallest absolute Gasteiger partial charge is 0.258 e. The van der Waals surface area contributed by atoms with Gasteiger partial charge in [0.2, 0.25) is 10.0 Å². The Kier molecular flexibility index (Phi) is 8.85. The summed E-state index contributed by atoms with van der Waals surface area (Å²) in [7, 11) is -2.08. The minimum atomic E-state index is -4.19. The average Bonchev–Trinajstić information content (AvgIpc) is 3.42. The fourth-order valence-corrected chi connectivity index (χ4v) is 7.52. The number of nitrogens with zero attached hydrogens (tertiary/aromatic N) is 4. The Hall–Kier alpha value is -3.59. The number of nitrogens with one attached hydrogen (secondary N) is 4. The summed E-state index contributed by atoms with van der Waals surface area (Å²) in [6.45, 7) is 6.39. The molecule has 236 valence electrons. The van der Waals surface area contributed by atoms with Gasteiger partial charge in [-0.05, 0) is 69.2 Å². The molecule has 2 aromatic carbocycles. The average molecular weight is 629 g/mol. The van der Waals surface area contributed by atoms with E-state index in [-0.39, 0.29) is 24.8 Å². The zero-order chi connectivity index (χ0) is 30.8. The molecule has 11 nitrogen and oxygen atoms in total. The van der Waals surface area contributed by atoms with Crippen LogP contribution in [0.4, 0.5) is 26.0 Å². The van der Waals surface area contributed by atoms with Crippen LogP contribution in [0.15, 0.2) is 41.3 Å². The van der Waals surface area contributed by atoms with Gasteiger partial charge < -0.3 is 25.8 Å². The number of amides is 1. The van der Waals surface area contributed by atoms with Crippen molar-refractivity contribution in [2.24, 2.45) is 5.92 Å². The van der Waals surface area contributed by atoms with Gasteiger partial charge in [-0.15, -0.1) is 0 Å². The first kappa shape index (κ1) is 30.4. The lowest BCUT2D eigenvalue weighted by atomic mass is 9.99. The van der Waals surface area contributed by atoms with Gasteiger partial charge in [0.1, 0.15) is 11.6 Å². The summed E-state index contributed by atoms with van der Waals surface area (Å²) >= 11 is 0. The lowest BCUT2D eigenvalue weighted by Gasteiger charge is -2.34. The van der Waals surface area contributed by atoms with E-state index in [0.29, 0.717) is 35.2 Å². The molecule has 0 saturated carbocycles. The van der Waals surface area contributed by atoms with Gasteiger partial charge >= 0.3 is 0 Å². The maximum absolute atomic E-state index is 13.8. The summed E-state index contributed by atoms with van der Waals surface area (Å²) in [5, 5.41) is 17.1. The molecule has 2 fully saturated rings. The number of carbonyl (C=O) groups is 1. The van der Waals surface area contributed by atoms with Crippen LogP contribution in [-0.2, 0) is 23.0 Å². The van der Waals surface area contributed by atoms with Gasteiger partial charge in [-0.3, -0.25) is 9.89 Å². The number of aromatic amines is 1. The SMILES string of the molecule is CN1CCN(c2ccc(C(=O)Nc3n[nH]c4c3CN(S(=O)(=O)c3cc(F)cc(F)c3)CC4)c(NCC3CCCNC3)c2)CC1. The zero-order valence-electron chi connectivity index (χ0n) is 24.7. The molecular weight excluding hydrogens is 590 g/mol. The summed E-state index contributed by atoms with van der Waals surface area (Å²) in [5.74, 6) is -1.65. The highest BCUT2D eigenvalue weighted by atomic mass is 32.2. The number of hydrogen-bond acceptors (Lipinski definition) is 8. The number of fused-ring (bicyclic) bond motifs is 1. The molecule has 0 radical (unpaired) electrons. The van der Waals surface area contributed by atoms with Crippen LogP contribution < -0.4 is 20.9 Å². The lowest BCUT2D eigenvalue weighted by molar-refractivity contribution is 0.102. The quantitative estimate of drug-likeness (QED) is 0.300. The number of benzene rings is 2. The highest BCUT2D eigenvalue weighted by Crippen LogP contribution is 2.31. The van der Waals surface area contributed by atoms with Gasteiger partial charge in [0.25, 0.3) is 5.91 Å². The molecule has 2 saturated heterocycles. The Morgan fingerprint density at radius 1 is 1.07 bits per heavy atom. The molecule has 4 heterocycles. The molecule has 44 heavy (non-hydrogen) atoms. The Labute approximate surface area is 256 Å². The summed E-state index contributed by atoms with van der Waals surface area (Å²) < 4.78 is 55.3. The maximum atomic E-state index is 13.8. The van der Waals surface area contributed by atoms with Crippen LogP contribution in [-0.4, -0.2) is 93.1 Å². The summed E-state index contributed by atoms with van der Waals surface area (Å²) in [4.78, 5) is 17.9. The largest absolute Gasteiger partial charge is 0.384 e. The summed E-state index contributed by atoms with van der Waals surface area (Å²) in [6.07, 6.45) is 2.53. The summed E-state index contributed by atoms with van der Waals surface area (Å²) in [6, 6.07) is 8.04. The Morgan fingerprint density at radius 2 is 1.84 bits per heavy atom. The molecular formula is C30H38F2N8O3S. The minimum Gasteiger partial charge on any atom is -0.384 e. The molecule has 1 aromatic heterocycles. The molecule has 0 spiro atoms. The van der Waals surface area contributed by atoms with Crippen molar-refractivity contribution in [3.8, 4) is 0 Å². The number of carbonyl (C=O) groups excluding carboxylic acids is 1. The number of anilines is 3. The molecule has 14 heteroatoms. The first-order valence-electron chi connectivity index (χ1n) is 15.0. The van der Waals surface area contributed by atoms with E-state index in [1.807, 2.05) is 18.2 Å². The summed E-state index contributed by atoms with van der Waals surface area (Å²) in [5.41, 5.74) is 3.45. The van der Waals surface area contributed by atoms with Gasteiger partial charge in [0.15, 0.2) is 5.82 Å². The molecule has 1 amide bonds. The van der Waals surface area contributed by atoms with E-state index in [1.54, 1.807) is 0 Å². The van der Waals surface area contributed by atoms with E-state index < -0.39 is 26.6 Å². The van der Waals surface area contributed by atoms with Crippen molar-refractivity contribution in [1.82, 2.24) is 24.7 Å². The number of piperazine rings is 1. The molecule has 3 aliphatic heterocycles. The van der Waals surface area contributed by atoms with E-state index in [2.05, 4.69) is 43.0 Å². The third-order valence-electron chi connectivity index (χ3n) is 8.70. The monoisotopic (exact) mass is 628 g/mol. The number of aromatic nitrogens is 2. The predicted octanol–water partition coefficient (Wildman–Crippen LogP) is 2.85. The van der Waals surface area contributed by atoms with Crippen molar-refractivity contribution in [3.05, 3.63) is 64.9 Å². The molecule has 3 aromatic rings. The number of rotatable bonds is 8. The number of hydrogen-bond donors (Lipinski definition) is 4. The van der Waals surface area contributed by atoms with Crippen LogP contribution in [0.5, 0.6) is 0 Å². The second-order valence-corrected chi connectivity index (χ2v) is 13.7. The van der Waals surface area contributed by atoms with E-state index in [4.69, 9.17) is 0 Å². The van der Waals surface area contributed by atoms with E-state index in [0.717, 1.165) is 86.5 Å². The van der Waals surface area contributed by atoms with Crippen LogP contribution in [0, 0.1) is 17.6 Å². The van der Waals surface area contributed by atoms with Gasteiger partial charge in [0, 0.05) is 80.9 Å². The molecule has 3 aliphatic rings. The first-order valence-corrected chi connectivity index (χ1v) is 16.5. The van der Waals surface area contributed by atoms with Crippen molar-refractivity contribution in [2.45, 2.75) is 30.7 Å². The number of piperidine rings is 1. The van der Waals surface area contributed by atoms with Crippen molar-refractivity contribution in [1.29, 1.82) is 0 Å². The fraction of sp³-hybridized carbons (Fsp3) is 0.467. The highest BCUT2D eigenvalue weighted by Gasteiger charge is 2.32. The second kappa shape index (κ2) is 12.8. The highest BCUT2D eigenvalue weighted by molar-refractivity contribution is 7.89. The third kappa shape index (κ3) is 6.58. The normalized spacial score (nSPS) is 19.9. The molecule has 0 bridgehead atoms. The Bertz CT molecular complexity index is 1600. The van der Waals surface area contributed by atoms with Gasteiger partial charge in [-0.25, -0.2) is 17.2 Å². The van der Waals surface area contributed by atoms with E-state index in [9.17, 15) is 22.0 Å². The van der Waals surface area contributed by atoms with Gasteiger partial charge in [0.05, 0.1) is 10.5 Å². The van der Waals surface area contributed by atoms with Crippen LogP contribution in [0.3, 0.4) is 0 Å². The topological polar surface area (TPSA) is 126 Å². The minimum absolute atomic E-state index is 0.0981. The molecule has 6 rings (SSSR count). The number of H-pyrrole nitrogens is 1. The second-order valence-electron chi connectivity index (χ2n) is 11.8. The molecule has 0 aliphatic carbocycles. The Morgan fingerprint density at radius 3 is 2.57 bits per heavy atom. The number of halogens is 2. The first-order chi connectivity index (χ1) is 21.2. The molecule has 1 atom stereocenters. The van der Waals surface area contributed by atoms with E-state index >= 15 is 0 Å².